The van der Waals surface area contributed by atoms with E-state index in [0.717, 1.165) is 0 Å². The second-order valence-corrected chi connectivity index (χ2v) is 12.2. The summed E-state index contributed by atoms with van der Waals surface area (Å²) in [5, 5.41) is 2.80. The molecule has 2 aromatic rings. The molecule has 1 aliphatic carbocycles. The molecule has 3 rings (SSSR count). The van der Waals surface area contributed by atoms with Crippen LogP contribution in [-0.2, 0) is 47.4 Å². The Hall–Kier alpha value is -3.10. The van der Waals surface area contributed by atoms with Gasteiger partial charge in [0.05, 0.1) is 92.3 Å². The molecule has 0 saturated carbocycles. The first kappa shape index (κ1) is 40.3. The highest BCUT2D eigenvalue weighted by atomic mass is 16.6. The molecule has 0 aromatic heterocycles. The molecule has 0 aliphatic heterocycles. The third-order valence-corrected chi connectivity index (χ3v) is 7.18. The number of esters is 1. The Morgan fingerprint density at radius 2 is 1.00 bits per heavy atom. The molecule has 2 aromatic carbocycles. The molecule has 0 spiro atoms. The largest absolute Gasteiger partial charge is 0.460 e. The van der Waals surface area contributed by atoms with Crippen LogP contribution in [0.15, 0.2) is 48.5 Å². The highest BCUT2D eigenvalue weighted by Crippen LogP contribution is 2.44. The third-order valence-electron chi connectivity index (χ3n) is 7.18. The van der Waals surface area contributed by atoms with Gasteiger partial charge in [-0.05, 0) is 49.4 Å². The Balaban J connectivity index is 0.996. The van der Waals surface area contributed by atoms with Crippen LogP contribution in [0.25, 0.3) is 11.1 Å². The van der Waals surface area contributed by atoms with E-state index < -0.39 is 11.7 Å². The van der Waals surface area contributed by atoms with Gasteiger partial charge < -0.3 is 47.9 Å². The Kier molecular flexibility index (Phi) is 19.8. The van der Waals surface area contributed by atoms with Gasteiger partial charge in [-0.15, -0.1) is 0 Å². The fourth-order valence-electron chi connectivity index (χ4n) is 4.98. The van der Waals surface area contributed by atoms with E-state index in [1.165, 1.54) is 22.3 Å². The normalized spacial score (nSPS) is 12.5. The molecule has 0 radical (unpaired) electrons. The maximum absolute atomic E-state index is 12.2. The number of ether oxygens (including phenoxy) is 9. The molecule has 12 heteroatoms. The summed E-state index contributed by atoms with van der Waals surface area (Å²) in [5.74, 6) is -0.219. The second kappa shape index (κ2) is 24.1. The van der Waals surface area contributed by atoms with Crippen LogP contribution >= 0.6 is 0 Å². The van der Waals surface area contributed by atoms with E-state index in [4.69, 9.17) is 42.6 Å². The van der Waals surface area contributed by atoms with Crippen molar-refractivity contribution in [2.24, 2.45) is 0 Å². The van der Waals surface area contributed by atoms with Gasteiger partial charge in [0, 0.05) is 19.1 Å². The van der Waals surface area contributed by atoms with Crippen molar-refractivity contribution in [3.63, 3.8) is 0 Å². The van der Waals surface area contributed by atoms with E-state index in [1.807, 2.05) is 45.0 Å². The van der Waals surface area contributed by atoms with Crippen molar-refractivity contribution in [2.45, 2.75) is 45.1 Å². The van der Waals surface area contributed by atoms with Gasteiger partial charge in [0.1, 0.15) is 12.2 Å². The van der Waals surface area contributed by atoms with E-state index >= 15 is 0 Å². The van der Waals surface area contributed by atoms with E-state index in [1.54, 1.807) is 0 Å². The number of benzene rings is 2. The molecule has 12 nitrogen and oxygen atoms in total. The topological polar surface area (TPSA) is 129 Å². The van der Waals surface area contributed by atoms with Crippen molar-refractivity contribution < 1.29 is 52.2 Å². The molecule has 0 fully saturated rings. The number of hydrogen-bond acceptors (Lipinski definition) is 11. The van der Waals surface area contributed by atoms with E-state index in [9.17, 15) is 9.59 Å². The molecule has 0 heterocycles. The summed E-state index contributed by atoms with van der Waals surface area (Å²) in [7, 11) is 0. The number of nitrogens with one attached hydrogen (secondary N) is 1. The van der Waals surface area contributed by atoms with Gasteiger partial charge in [-0.1, -0.05) is 48.5 Å². The lowest BCUT2D eigenvalue weighted by atomic mass is 9.98. The minimum Gasteiger partial charge on any atom is -0.460 e. The molecule has 0 atom stereocenters. The van der Waals surface area contributed by atoms with Crippen LogP contribution in [0.3, 0.4) is 0 Å². The predicted octanol–water partition coefficient (Wildman–Crippen LogP) is 4.76. The molecule has 1 amide bonds. The van der Waals surface area contributed by atoms with Crippen LogP contribution in [0.1, 0.15) is 50.7 Å². The van der Waals surface area contributed by atoms with Crippen molar-refractivity contribution in [1.29, 1.82) is 0 Å². The minimum atomic E-state index is -0.477. The highest BCUT2D eigenvalue weighted by Gasteiger charge is 2.29. The third kappa shape index (κ3) is 17.4. The van der Waals surface area contributed by atoms with E-state index in [-0.39, 0.29) is 18.3 Å². The number of hydrogen-bond donors (Lipinski definition) is 1. The molecule has 0 saturated heterocycles. The van der Waals surface area contributed by atoms with Crippen LogP contribution in [0, 0.1) is 0 Å². The second-order valence-electron chi connectivity index (χ2n) is 12.2. The lowest BCUT2D eigenvalue weighted by Gasteiger charge is -2.19. The first-order chi connectivity index (χ1) is 23.8. The first-order valence-electron chi connectivity index (χ1n) is 17.2. The van der Waals surface area contributed by atoms with Gasteiger partial charge >= 0.3 is 12.1 Å². The van der Waals surface area contributed by atoms with Crippen LogP contribution < -0.4 is 5.32 Å². The van der Waals surface area contributed by atoms with Gasteiger partial charge in [-0.2, -0.15) is 0 Å². The Bertz CT molecular complexity index is 1160. The summed E-state index contributed by atoms with van der Waals surface area (Å²) in [6.07, 6.45) is 0.493. The zero-order chi connectivity index (χ0) is 35.0. The zero-order valence-corrected chi connectivity index (χ0v) is 29.4. The molecule has 0 bridgehead atoms. The molecule has 49 heavy (non-hydrogen) atoms. The van der Waals surface area contributed by atoms with Crippen LogP contribution in [0.2, 0.25) is 0 Å². The van der Waals surface area contributed by atoms with Crippen molar-refractivity contribution in [2.75, 3.05) is 106 Å². The number of carbonyl (C=O) groups excluding carboxylic acids is 2. The Morgan fingerprint density at radius 3 is 1.45 bits per heavy atom. The van der Waals surface area contributed by atoms with Crippen molar-refractivity contribution in [1.82, 2.24) is 5.32 Å². The van der Waals surface area contributed by atoms with Gasteiger partial charge in [-0.25, -0.2) is 4.79 Å². The lowest BCUT2D eigenvalue weighted by molar-refractivity contribution is -0.156. The molecule has 0 unspecified atom stereocenters. The fraction of sp³-hybridized carbons (Fsp3) is 0.622. The monoisotopic (exact) mass is 689 g/mol. The SMILES string of the molecule is CC(C)(C)OC(=O)CCOCCOCCOCCOCCOCCOCCOCCCNC(=O)OCC1c2ccccc2-c2ccccc21. The number of carbonyl (C=O) groups is 2. The minimum absolute atomic E-state index is 0.0486. The summed E-state index contributed by atoms with van der Waals surface area (Å²) in [6, 6.07) is 16.6. The highest BCUT2D eigenvalue weighted by molar-refractivity contribution is 5.79. The quantitative estimate of drug-likeness (QED) is 0.103. The number of amides is 1. The molecule has 1 N–H and O–H groups in total. The zero-order valence-electron chi connectivity index (χ0n) is 29.4. The smallest absolute Gasteiger partial charge is 0.407 e. The van der Waals surface area contributed by atoms with Crippen molar-refractivity contribution in [3.8, 4) is 11.1 Å². The summed E-state index contributed by atoms with van der Waals surface area (Å²) in [6.45, 7) is 12.7. The summed E-state index contributed by atoms with van der Waals surface area (Å²) in [4.78, 5) is 23.8. The Labute approximate surface area is 291 Å². The number of rotatable bonds is 27. The molecular formula is C37H55NO11. The van der Waals surface area contributed by atoms with Gasteiger partial charge in [0.2, 0.25) is 0 Å². The van der Waals surface area contributed by atoms with Crippen molar-refractivity contribution >= 4 is 12.1 Å². The molecule has 1 aliphatic rings. The van der Waals surface area contributed by atoms with Crippen LogP contribution in [-0.4, -0.2) is 123 Å². The molecular weight excluding hydrogens is 634 g/mol. The summed E-state index contributed by atoms with van der Waals surface area (Å²) >= 11 is 0. The van der Waals surface area contributed by atoms with Gasteiger partial charge in [-0.3, -0.25) is 4.79 Å². The maximum atomic E-state index is 12.2. The number of fused-ring (bicyclic) bond motifs is 3. The molecule has 274 valence electrons. The first-order valence-corrected chi connectivity index (χ1v) is 17.2. The fourth-order valence-corrected chi connectivity index (χ4v) is 4.98. The Morgan fingerprint density at radius 1 is 0.592 bits per heavy atom. The predicted molar refractivity (Wildman–Crippen MR) is 184 cm³/mol. The standard InChI is InChI=1S/C37H55NO11/c1-37(2,3)49-35(39)13-16-42-18-20-44-22-24-46-26-28-47-27-25-45-23-21-43-19-17-41-15-8-14-38-36(40)48-29-34-32-11-6-4-9-30(32)31-10-5-7-12-33(31)34/h4-7,9-12,34H,8,13-29H2,1-3H3,(H,38,40). The average Bonchev–Trinajstić information content (AvgIpc) is 3.40. The van der Waals surface area contributed by atoms with E-state index in [0.29, 0.717) is 112 Å². The van der Waals surface area contributed by atoms with Crippen LogP contribution in [0.4, 0.5) is 4.79 Å². The van der Waals surface area contributed by atoms with Crippen LogP contribution in [0.5, 0.6) is 0 Å². The maximum Gasteiger partial charge on any atom is 0.407 e. The van der Waals surface area contributed by atoms with Crippen molar-refractivity contribution in [3.05, 3.63) is 59.7 Å². The lowest BCUT2D eigenvalue weighted by Crippen LogP contribution is -2.27. The van der Waals surface area contributed by atoms with Gasteiger partial charge in [0.15, 0.2) is 0 Å². The summed E-state index contributed by atoms with van der Waals surface area (Å²) < 4.78 is 49.1. The average molecular weight is 690 g/mol. The van der Waals surface area contributed by atoms with Gasteiger partial charge in [0.25, 0.3) is 0 Å². The van der Waals surface area contributed by atoms with E-state index in [2.05, 4.69) is 29.6 Å². The number of alkyl carbamates (subject to hydrolysis) is 1. The summed E-state index contributed by atoms with van der Waals surface area (Å²) in [5.41, 5.74) is 4.32.